The third-order valence-corrected chi connectivity index (χ3v) is 2.29. The molecule has 1 heterocycles. The van der Waals surface area contributed by atoms with Crippen LogP contribution >= 0.6 is 0 Å². The van der Waals surface area contributed by atoms with Gasteiger partial charge in [0.25, 0.3) is 5.56 Å². The van der Waals surface area contributed by atoms with E-state index in [0.29, 0.717) is 17.1 Å². The van der Waals surface area contributed by atoms with Gasteiger partial charge in [0.2, 0.25) is 0 Å². The van der Waals surface area contributed by atoms with Gasteiger partial charge in [0, 0.05) is 17.4 Å². The summed E-state index contributed by atoms with van der Waals surface area (Å²) in [5, 5.41) is 11.7. The van der Waals surface area contributed by atoms with Gasteiger partial charge < -0.3 is 10.8 Å². The van der Waals surface area contributed by atoms with Crippen LogP contribution in [0.25, 0.3) is 5.69 Å². The van der Waals surface area contributed by atoms with Gasteiger partial charge in [-0.3, -0.25) is 9.89 Å². The van der Waals surface area contributed by atoms with Crippen molar-refractivity contribution in [2.45, 2.75) is 6.92 Å². The van der Waals surface area contributed by atoms with E-state index in [1.165, 1.54) is 28.9 Å². The van der Waals surface area contributed by atoms with Crippen LogP contribution in [0.1, 0.15) is 16.1 Å². The SMILES string of the molecule is Cc1cc(=O)n(-c2cc(N)cc(C(=O)O)c2)[nH]1. The molecule has 0 aliphatic rings. The van der Waals surface area contributed by atoms with Crippen LogP contribution in [-0.4, -0.2) is 20.9 Å². The monoisotopic (exact) mass is 233 g/mol. The quantitative estimate of drug-likeness (QED) is 0.666. The lowest BCUT2D eigenvalue weighted by atomic mass is 10.2. The summed E-state index contributed by atoms with van der Waals surface area (Å²) in [5.74, 6) is -1.09. The van der Waals surface area contributed by atoms with E-state index in [-0.39, 0.29) is 11.1 Å². The van der Waals surface area contributed by atoms with Crippen LogP contribution in [0, 0.1) is 6.92 Å². The minimum absolute atomic E-state index is 0.0409. The molecule has 2 aromatic rings. The molecule has 0 fully saturated rings. The zero-order valence-electron chi connectivity index (χ0n) is 9.10. The molecule has 0 amide bonds. The number of aromatic nitrogens is 2. The first kappa shape index (κ1) is 11.0. The molecule has 17 heavy (non-hydrogen) atoms. The number of aryl methyl sites for hydroxylation is 1. The molecule has 4 N–H and O–H groups in total. The van der Waals surface area contributed by atoms with Crippen molar-refractivity contribution in [3.05, 3.63) is 45.9 Å². The molecule has 1 aromatic heterocycles. The molecule has 0 saturated carbocycles. The predicted octanol–water partition coefficient (Wildman–Crippen LogP) is 0.754. The van der Waals surface area contributed by atoms with Crippen molar-refractivity contribution in [1.82, 2.24) is 9.78 Å². The van der Waals surface area contributed by atoms with E-state index in [1.807, 2.05) is 0 Å². The average Bonchev–Trinajstić information content (AvgIpc) is 2.57. The van der Waals surface area contributed by atoms with Gasteiger partial charge in [0.05, 0.1) is 11.3 Å². The zero-order valence-corrected chi connectivity index (χ0v) is 9.10. The second-order valence-corrected chi connectivity index (χ2v) is 3.73. The third-order valence-electron chi connectivity index (χ3n) is 2.29. The number of benzene rings is 1. The Labute approximate surface area is 96.3 Å². The number of carboxylic acid groups (broad SMARTS) is 1. The highest BCUT2D eigenvalue weighted by atomic mass is 16.4. The lowest BCUT2D eigenvalue weighted by Crippen LogP contribution is -2.14. The van der Waals surface area contributed by atoms with Gasteiger partial charge in [-0.2, -0.15) is 0 Å². The number of nitrogen functional groups attached to an aromatic ring is 1. The highest BCUT2D eigenvalue weighted by Crippen LogP contribution is 2.14. The summed E-state index contributed by atoms with van der Waals surface area (Å²) in [7, 11) is 0. The van der Waals surface area contributed by atoms with Crippen LogP contribution in [0.4, 0.5) is 5.69 Å². The fourth-order valence-corrected chi connectivity index (χ4v) is 1.59. The summed E-state index contributed by atoms with van der Waals surface area (Å²) in [6.07, 6.45) is 0. The molecule has 2 rings (SSSR count). The van der Waals surface area contributed by atoms with E-state index in [0.717, 1.165) is 0 Å². The molecule has 88 valence electrons. The number of carboxylic acids is 1. The number of hydrogen-bond donors (Lipinski definition) is 3. The Balaban J connectivity index is 2.63. The number of H-pyrrole nitrogens is 1. The van der Waals surface area contributed by atoms with Crippen LogP contribution in [0.3, 0.4) is 0 Å². The number of aromatic carboxylic acids is 1. The second kappa shape index (κ2) is 3.82. The molecule has 0 saturated heterocycles. The first-order valence-corrected chi connectivity index (χ1v) is 4.90. The van der Waals surface area contributed by atoms with Crippen molar-refractivity contribution in [1.29, 1.82) is 0 Å². The lowest BCUT2D eigenvalue weighted by Gasteiger charge is -2.05. The molecule has 0 atom stereocenters. The molecule has 0 radical (unpaired) electrons. The number of nitrogens with zero attached hydrogens (tertiary/aromatic N) is 1. The molecule has 0 aliphatic heterocycles. The molecular weight excluding hydrogens is 222 g/mol. The molecule has 6 heteroatoms. The van der Waals surface area contributed by atoms with Crippen LogP contribution in [0.15, 0.2) is 29.1 Å². The molecule has 1 aromatic carbocycles. The summed E-state index contributed by atoms with van der Waals surface area (Å²) in [4.78, 5) is 22.5. The van der Waals surface area contributed by atoms with Crippen molar-refractivity contribution >= 4 is 11.7 Å². The molecule has 0 unspecified atom stereocenters. The minimum Gasteiger partial charge on any atom is -0.478 e. The fraction of sp³-hybridized carbons (Fsp3) is 0.0909. The van der Waals surface area contributed by atoms with E-state index in [1.54, 1.807) is 6.92 Å². The van der Waals surface area contributed by atoms with Gasteiger partial charge in [-0.15, -0.1) is 0 Å². The van der Waals surface area contributed by atoms with Gasteiger partial charge in [-0.05, 0) is 25.1 Å². The van der Waals surface area contributed by atoms with Gasteiger partial charge in [-0.25, -0.2) is 9.48 Å². The summed E-state index contributed by atoms with van der Waals surface area (Å²) < 4.78 is 1.25. The van der Waals surface area contributed by atoms with Crippen molar-refractivity contribution in [2.24, 2.45) is 0 Å². The Hall–Kier alpha value is -2.50. The Morgan fingerprint density at radius 2 is 2.06 bits per heavy atom. The lowest BCUT2D eigenvalue weighted by molar-refractivity contribution is 0.0697. The number of aromatic amines is 1. The maximum Gasteiger partial charge on any atom is 0.335 e. The number of rotatable bonds is 2. The third kappa shape index (κ3) is 2.05. The summed E-state index contributed by atoms with van der Waals surface area (Å²) in [6.45, 7) is 1.74. The Morgan fingerprint density at radius 1 is 1.35 bits per heavy atom. The van der Waals surface area contributed by atoms with Crippen LogP contribution in [0.2, 0.25) is 0 Å². The first-order valence-electron chi connectivity index (χ1n) is 4.90. The van der Waals surface area contributed by atoms with E-state index < -0.39 is 5.97 Å². The molecule has 6 nitrogen and oxygen atoms in total. The first-order chi connectivity index (χ1) is 7.97. The fourth-order valence-electron chi connectivity index (χ4n) is 1.59. The molecule has 0 spiro atoms. The zero-order chi connectivity index (χ0) is 12.6. The Kier molecular flexibility index (Phi) is 2.47. The van der Waals surface area contributed by atoms with Gasteiger partial charge in [-0.1, -0.05) is 0 Å². The van der Waals surface area contributed by atoms with E-state index in [4.69, 9.17) is 10.8 Å². The Bertz CT molecular complexity index is 640. The van der Waals surface area contributed by atoms with Gasteiger partial charge in [0.15, 0.2) is 0 Å². The number of nitrogens with two attached hydrogens (primary N) is 1. The number of hydrogen-bond acceptors (Lipinski definition) is 3. The van der Waals surface area contributed by atoms with Gasteiger partial charge in [0.1, 0.15) is 0 Å². The van der Waals surface area contributed by atoms with Crippen molar-refractivity contribution in [3.8, 4) is 5.69 Å². The predicted molar refractivity (Wildman–Crippen MR) is 62.5 cm³/mol. The summed E-state index contributed by atoms with van der Waals surface area (Å²) in [5.41, 5.74) is 6.76. The topological polar surface area (TPSA) is 101 Å². The highest BCUT2D eigenvalue weighted by molar-refractivity contribution is 5.89. The van der Waals surface area contributed by atoms with E-state index in [2.05, 4.69) is 5.10 Å². The van der Waals surface area contributed by atoms with E-state index in [9.17, 15) is 9.59 Å². The largest absolute Gasteiger partial charge is 0.478 e. The Morgan fingerprint density at radius 3 is 2.59 bits per heavy atom. The summed E-state index contributed by atoms with van der Waals surface area (Å²) >= 11 is 0. The standard InChI is InChI=1S/C11H11N3O3/c1-6-2-10(15)14(13-6)9-4-7(11(16)17)3-8(12)5-9/h2-5,13H,12H2,1H3,(H,16,17). The second-order valence-electron chi connectivity index (χ2n) is 3.73. The highest BCUT2D eigenvalue weighted by Gasteiger charge is 2.09. The number of carbonyl (C=O) groups is 1. The normalized spacial score (nSPS) is 10.4. The van der Waals surface area contributed by atoms with Gasteiger partial charge >= 0.3 is 5.97 Å². The summed E-state index contributed by atoms with van der Waals surface area (Å²) in [6, 6.07) is 5.68. The maximum absolute atomic E-state index is 11.6. The number of nitrogens with one attached hydrogen (secondary N) is 1. The number of anilines is 1. The van der Waals surface area contributed by atoms with Crippen LogP contribution < -0.4 is 11.3 Å². The van der Waals surface area contributed by atoms with Crippen molar-refractivity contribution in [3.63, 3.8) is 0 Å². The van der Waals surface area contributed by atoms with Crippen molar-refractivity contribution in [2.75, 3.05) is 5.73 Å². The van der Waals surface area contributed by atoms with E-state index >= 15 is 0 Å². The van der Waals surface area contributed by atoms with Crippen molar-refractivity contribution < 1.29 is 9.90 Å². The smallest absolute Gasteiger partial charge is 0.335 e. The maximum atomic E-state index is 11.6. The molecular formula is C11H11N3O3. The average molecular weight is 233 g/mol. The molecule has 0 bridgehead atoms. The van der Waals surface area contributed by atoms with Crippen LogP contribution in [-0.2, 0) is 0 Å². The molecule has 0 aliphatic carbocycles. The van der Waals surface area contributed by atoms with Crippen LogP contribution in [0.5, 0.6) is 0 Å². The minimum atomic E-state index is -1.09.